The Kier molecular flexibility index (Phi) is 2.41. The average Bonchev–Trinajstić information content (AvgIpc) is 2.65. The van der Waals surface area contributed by atoms with E-state index in [1.807, 2.05) is 0 Å². The molecule has 0 fully saturated rings. The molecule has 3 nitrogen and oxygen atoms in total. The van der Waals surface area contributed by atoms with Crippen LogP contribution in [0.2, 0.25) is 0 Å². The highest BCUT2D eigenvalue weighted by Gasteiger charge is 2.33. The van der Waals surface area contributed by atoms with Crippen molar-refractivity contribution in [2.75, 3.05) is 0 Å². The van der Waals surface area contributed by atoms with Crippen LogP contribution in [0, 0.1) is 6.92 Å². The monoisotopic (exact) mass is 227 g/mol. The van der Waals surface area contributed by atoms with Gasteiger partial charge in [0.2, 0.25) is 0 Å². The molecule has 0 aliphatic heterocycles. The van der Waals surface area contributed by atoms with Gasteiger partial charge in [-0.3, -0.25) is 4.98 Å². The molecule has 0 unspecified atom stereocenters. The van der Waals surface area contributed by atoms with E-state index in [0.29, 0.717) is 5.56 Å². The summed E-state index contributed by atoms with van der Waals surface area (Å²) in [7, 11) is 0. The quantitative estimate of drug-likeness (QED) is 0.813. The number of imidazole rings is 1. The number of rotatable bonds is 1. The zero-order valence-corrected chi connectivity index (χ0v) is 8.34. The van der Waals surface area contributed by atoms with Crippen LogP contribution in [0.4, 0.5) is 13.2 Å². The summed E-state index contributed by atoms with van der Waals surface area (Å²) in [5, 5.41) is 0. The Morgan fingerprint density at radius 1 is 1.31 bits per heavy atom. The predicted octanol–water partition coefficient (Wildman–Crippen LogP) is 2.80. The molecule has 0 spiro atoms. The van der Waals surface area contributed by atoms with E-state index in [1.54, 1.807) is 19.1 Å². The normalized spacial score (nSPS) is 11.8. The number of halogens is 3. The molecule has 0 atom stereocenters. The van der Waals surface area contributed by atoms with Crippen molar-refractivity contribution in [3.63, 3.8) is 0 Å². The van der Waals surface area contributed by atoms with E-state index in [-0.39, 0.29) is 5.82 Å². The van der Waals surface area contributed by atoms with Gasteiger partial charge in [0.25, 0.3) is 0 Å². The molecule has 16 heavy (non-hydrogen) atoms. The van der Waals surface area contributed by atoms with Gasteiger partial charge in [-0.2, -0.15) is 13.2 Å². The minimum atomic E-state index is -4.42. The third-order valence-electron chi connectivity index (χ3n) is 2.04. The summed E-state index contributed by atoms with van der Waals surface area (Å²) in [6.07, 6.45) is -2.04. The summed E-state index contributed by atoms with van der Waals surface area (Å²) in [6, 6.07) is 3.27. The van der Waals surface area contributed by atoms with Gasteiger partial charge < -0.3 is 4.98 Å². The first-order valence-electron chi connectivity index (χ1n) is 4.52. The fraction of sp³-hybridized carbons (Fsp3) is 0.200. The zero-order chi connectivity index (χ0) is 11.8. The highest BCUT2D eigenvalue weighted by Crippen LogP contribution is 2.29. The molecule has 0 bridgehead atoms. The summed E-state index contributed by atoms with van der Waals surface area (Å²) in [5.74, 6) is 0.192. The standard InChI is InChI=1S/C10H8F3N3/c1-6-4-7(2-3-14-6)9-15-5-8(16-9)10(11,12)13/h2-5H,1H3,(H,15,16). The van der Waals surface area contributed by atoms with Gasteiger partial charge in [-0.15, -0.1) is 0 Å². The van der Waals surface area contributed by atoms with Crippen molar-refractivity contribution >= 4 is 0 Å². The van der Waals surface area contributed by atoms with Gasteiger partial charge >= 0.3 is 6.18 Å². The van der Waals surface area contributed by atoms with Crippen molar-refractivity contribution in [1.82, 2.24) is 15.0 Å². The topological polar surface area (TPSA) is 41.6 Å². The van der Waals surface area contributed by atoms with Gasteiger partial charge in [-0.25, -0.2) is 4.98 Å². The van der Waals surface area contributed by atoms with Crippen molar-refractivity contribution < 1.29 is 13.2 Å². The first kappa shape index (κ1) is 10.7. The van der Waals surface area contributed by atoms with Crippen LogP contribution in [-0.2, 0) is 6.18 Å². The molecule has 0 saturated carbocycles. The lowest BCUT2D eigenvalue weighted by Gasteiger charge is -2.00. The van der Waals surface area contributed by atoms with Crippen LogP contribution >= 0.6 is 0 Å². The second kappa shape index (κ2) is 3.62. The van der Waals surface area contributed by atoms with E-state index in [2.05, 4.69) is 15.0 Å². The van der Waals surface area contributed by atoms with E-state index in [0.717, 1.165) is 11.9 Å². The third kappa shape index (κ3) is 2.05. The van der Waals surface area contributed by atoms with Crippen LogP contribution in [0.3, 0.4) is 0 Å². The van der Waals surface area contributed by atoms with Crippen LogP contribution in [-0.4, -0.2) is 15.0 Å². The van der Waals surface area contributed by atoms with Crippen molar-refractivity contribution in [1.29, 1.82) is 0 Å². The first-order valence-corrected chi connectivity index (χ1v) is 4.52. The lowest BCUT2D eigenvalue weighted by Crippen LogP contribution is -2.04. The molecule has 84 valence electrons. The molecule has 2 rings (SSSR count). The molecular weight excluding hydrogens is 219 g/mol. The second-order valence-corrected chi connectivity index (χ2v) is 3.32. The molecule has 0 aliphatic rings. The number of hydrogen-bond donors (Lipinski definition) is 1. The molecule has 2 heterocycles. The number of aromatic amines is 1. The van der Waals surface area contributed by atoms with E-state index in [1.165, 1.54) is 6.20 Å². The van der Waals surface area contributed by atoms with Crippen LogP contribution in [0.25, 0.3) is 11.4 Å². The highest BCUT2D eigenvalue weighted by molar-refractivity contribution is 5.55. The van der Waals surface area contributed by atoms with E-state index in [4.69, 9.17) is 0 Å². The summed E-state index contributed by atoms with van der Waals surface area (Å²) < 4.78 is 36.9. The summed E-state index contributed by atoms with van der Waals surface area (Å²) in [5.41, 5.74) is 0.391. The Balaban J connectivity index is 2.39. The van der Waals surface area contributed by atoms with Crippen LogP contribution in [0.15, 0.2) is 24.5 Å². The van der Waals surface area contributed by atoms with Crippen molar-refractivity contribution in [2.24, 2.45) is 0 Å². The molecule has 2 aromatic rings. The minimum Gasteiger partial charge on any atom is -0.344 e. The minimum absolute atomic E-state index is 0.192. The Labute approximate surface area is 89.4 Å². The fourth-order valence-electron chi connectivity index (χ4n) is 1.31. The Morgan fingerprint density at radius 2 is 2.06 bits per heavy atom. The number of nitrogens with zero attached hydrogens (tertiary/aromatic N) is 2. The number of pyridine rings is 1. The molecule has 0 saturated heterocycles. The highest BCUT2D eigenvalue weighted by atomic mass is 19.4. The lowest BCUT2D eigenvalue weighted by molar-refractivity contribution is -0.140. The summed E-state index contributed by atoms with van der Waals surface area (Å²) in [4.78, 5) is 9.94. The predicted molar refractivity (Wildman–Crippen MR) is 51.6 cm³/mol. The Bertz CT molecular complexity index is 502. The number of alkyl halides is 3. The third-order valence-corrected chi connectivity index (χ3v) is 2.04. The molecule has 2 aromatic heterocycles. The summed E-state index contributed by atoms with van der Waals surface area (Å²) in [6.45, 7) is 1.76. The maximum atomic E-state index is 12.3. The molecule has 0 amide bonds. The van der Waals surface area contributed by atoms with Gasteiger partial charge in [0.1, 0.15) is 5.82 Å². The van der Waals surface area contributed by atoms with Crippen LogP contribution < -0.4 is 0 Å². The molecule has 6 heteroatoms. The number of nitrogens with one attached hydrogen (secondary N) is 1. The second-order valence-electron chi connectivity index (χ2n) is 3.32. The van der Waals surface area contributed by atoms with Crippen molar-refractivity contribution in [3.05, 3.63) is 35.9 Å². The number of aryl methyl sites for hydroxylation is 1. The molecular formula is C10H8F3N3. The maximum absolute atomic E-state index is 12.3. The molecule has 0 radical (unpaired) electrons. The molecule has 0 aromatic carbocycles. The zero-order valence-electron chi connectivity index (χ0n) is 8.34. The SMILES string of the molecule is Cc1cc(-c2nc(C(F)(F)F)c[nH]2)ccn1. The van der Waals surface area contributed by atoms with E-state index in [9.17, 15) is 13.2 Å². The number of hydrogen-bond acceptors (Lipinski definition) is 2. The smallest absolute Gasteiger partial charge is 0.344 e. The van der Waals surface area contributed by atoms with Gasteiger partial charge in [-0.05, 0) is 19.1 Å². The first-order chi connectivity index (χ1) is 7.47. The van der Waals surface area contributed by atoms with Gasteiger partial charge in [0.15, 0.2) is 5.69 Å². The molecule has 0 aliphatic carbocycles. The van der Waals surface area contributed by atoms with Crippen molar-refractivity contribution in [2.45, 2.75) is 13.1 Å². The largest absolute Gasteiger partial charge is 0.434 e. The number of H-pyrrole nitrogens is 1. The van der Waals surface area contributed by atoms with Gasteiger partial charge in [0, 0.05) is 23.7 Å². The van der Waals surface area contributed by atoms with E-state index < -0.39 is 11.9 Å². The maximum Gasteiger partial charge on any atom is 0.434 e. The fourth-order valence-corrected chi connectivity index (χ4v) is 1.31. The molecule has 1 N–H and O–H groups in total. The van der Waals surface area contributed by atoms with Gasteiger partial charge in [-0.1, -0.05) is 0 Å². The summed E-state index contributed by atoms with van der Waals surface area (Å²) >= 11 is 0. The van der Waals surface area contributed by atoms with Crippen molar-refractivity contribution in [3.8, 4) is 11.4 Å². The van der Waals surface area contributed by atoms with Crippen LogP contribution in [0.5, 0.6) is 0 Å². The lowest BCUT2D eigenvalue weighted by atomic mass is 10.2. The Morgan fingerprint density at radius 3 is 2.62 bits per heavy atom. The Hall–Kier alpha value is -1.85. The number of aromatic nitrogens is 3. The van der Waals surface area contributed by atoms with Gasteiger partial charge in [0.05, 0.1) is 0 Å². The average molecular weight is 227 g/mol. The van der Waals surface area contributed by atoms with E-state index >= 15 is 0 Å². The van der Waals surface area contributed by atoms with Crippen LogP contribution in [0.1, 0.15) is 11.4 Å².